The van der Waals surface area contributed by atoms with Crippen molar-refractivity contribution in [3.05, 3.63) is 155 Å². The Balaban J connectivity index is 1.42. The van der Waals surface area contributed by atoms with Crippen molar-refractivity contribution in [1.29, 1.82) is 0 Å². The minimum absolute atomic E-state index is 0.144. The first-order valence-corrected chi connectivity index (χ1v) is 22.5. The molecule has 1 fully saturated rings. The smallest absolute Gasteiger partial charge is 0.294 e. The standard InChI is InChI=1S/C46H54N4O5S2/c1-7-49(32-34-15-10-9-11-16-34)39-25-21-36(22-26-39)44(37-23-27-40(28-24-37)50(8-2)33-35-17-14-18-41(29-35)57(53,54)55)42-19-12-13-20-43(42)56(51,52)47-38-30-45(3,4)48-46(5,6)31-38/h9-29,38,47-48H,7-8,30-33H2,1-6H3/p+1. The summed E-state index contributed by atoms with van der Waals surface area (Å²) >= 11 is 0. The summed E-state index contributed by atoms with van der Waals surface area (Å²) in [7, 11) is -8.29. The molecule has 6 rings (SSSR count). The van der Waals surface area contributed by atoms with Crippen LogP contribution in [0.5, 0.6) is 0 Å². The summed E-state index contributed by atoms with van der Waals surface area (Å²) in [6, 6.07) is 32.0. The lowest BCUT2D eigenvalue weighted by molar-refractivity contribution is -0.539. The van der Waals surface area contributed by atoms with Crippen molar-refractivity contribution in [2.45, 2.75) is 94.4 Å². The predicted molar refractivity (Wildman–Crippen MR) is 231 cm³/mol. The lowest BCUT2D eigenvalue weighted by Crippen LogP contribution is -2.62. The molecular formula is C46H55N4O5S2+. The van der Waals surface area contributed by atoms with E-state index in [1.807, 2.05) is 67.6 Å². The minimum Gasteiger partial charge on any atom is -0.367 e. The Hall–Kier alpha value is -4.65. The molecule has 4 aromatic carbocycles. The number of sulfonamides is 1. The van der Waals surface area contributed by atoms with Crippen LogP contribution in [-0.2, 0) is 33.2 Å². The molecule has 1 heterocycles. The summed E-state index contributed by atoms with van der Waals surface area (Å²) in [5.74, 6) is 0. The molecule has 9 nitrogen and oxygen atoms in total. The van der Waals surface area contributed by atoms with Gasteiger partial charge in [0.2, 0.25) is 10.0 Å². The van der Waals surface area contributed by atoms with Gasteiger partial charge in [-0.25, -0.2) is 17.7 Å². The highest BCUT2D eigenvalue weighted by molar-refractivity contribution is 7.89. The summed E-state index contributed by atoms with van der Waals surface area (Å²) in [4.78, 5) is 2.38. The molecule has 300 valence electrons. The molecule has 0 atom stereocenters. The monoisotopic (exact) mass is 807 g/mol. The second-order valence-corrected chi connectivity index (χ2v) is 19.3. The molecule has 4 aromatic rings. The number of benzene rings is 4. The molecule has 1 saturated heterocycles. The zero-order chi connectivity index (χ0) is 41.0. The first kappa shape index (κ1) is 42.0. The maximum absolute atomic E-state index is 14.5. The Bertz CT molecular complexity index is 2400. The van der Waals surface area contributed by atoms with Gasteiger partial charge < -0.3 is 10.2 Å². The van der Waals surface area contributed by atoms with E-state index in [0.717, 1.165) is 46.8 Å². The van der Waals surface area contributed by atoms with Crippen molar-refractivity contribution >= 4 is 37.1 Å². The van der Waals surface area contributed by atoms with Crippen LogP contribution >= 0.6 is 0 Å². The lowest BCUT2D eigenvalue weighted by Gasteiger charge is -2.46. The van der Waals surface area contributed by atoms with Gasteiger partial charge >= 0.3 is 0 Å². The molecule has 0 unspecified atom stereocenters. The third-order valence-corrected chi connectivity index (χ3v) is 13.0. The molecule has 1 aliphatic carbocycles. The van der Waals surface area contributed by atoms with E-state index in [-0.39, 0.29) is 26.9 Å². The van der Waals surface area contributed by atoms with Crippen molar-refractivity contribution in [1.82, 2.24) is 10.0 Å². The van der Waals surface area contributed by atoms with Crippen LogP contribution in [0.2, 0.25) is 0 Å². The Morgan fingerprint density at radius 1 is 0.789 bits per heavy atom. The van der Waals surface area contributed by atoms with Crippen molar-refractivity contribution < 1.29 is 26.0 Å². The number of nitrogens with zero attached hydrogens (tertiary/aromatic N) is 2. The van der Waals surface area contributed by atoms with Gasteiger partial charge in [0, 0.05) is 59.2 Å². The molecule has 57 heavy (non-hydrogen) atoms. The number of allylic oxidation sites excluding steroid dienone is 5. The van der Waals surface area contributed by atoms with E-state index in [1.54, 1.807) is 18.2 Å². The maximum atomic E-state index is 14.5. The highest BCUT2D eigenvalue weighted by Gasteiger charge is 2.39. The topological polar surface area (TPSA) is 119 Å². The summed E-state index contributed by atoms with van der Waals surface area (Å²) < 4.78 is 67.4. The van der Waals surface area contributed by atoms with Gasteiger partial charge in [0.15, 0.2) is 12.3 Å². The molecule has 3 N–H and O–H groups in total. The second kappa shape index (κ2) is 17.1. The Kier molecular flexibility index (Phi) is 12.6. The van der Waals surface area contributed by atoms with Gasteiger partial charge in [-0.15, -0.1) is 0 Å². The SMILES string of the molecule is CCN(Cc1ccccc1)c1ccc(C(=C2C=CC(=[N+](CC)Cc3cccc(S(=O)(=O)O)c3)C=C2)c2ccccc2S(=O)(=O)NC2CC(C)(C)NC(C)(C)C2)cc1. The zero-order valence-electron chi connectivity index (χ0n) is 33.7. The quantitative estimate of drug-likeness (QED) is 0.0922. The van der Waals surface area contributed by atoms with Crippen LogP contribution in [0.3, 0.4) is 0 Å². The van der Waals surface area contributed by atoms with Gasteiger partial charge in [-0.3, -0.25) is 4.55 Å². The van der Waals surface area contributed by atoms with Crippen LogP contribution < -0.4 is 14.9 Å². The normalized spacial score (nSPS) is 16.8. The van der Waals surface area contributed by atoms with Gasteiger partial charge in [-0.1, -0.05) is 72.8 Å². The Labute approximate surface area is 339 Å². The summed E-state index contributed by atoms with van der Waals surface area (Å²) in [6.07, 6.45) is 9.35. The fourth-order valence-electron chi connectivity index (χ4n) is 8.35. The number of hydrogen-bond acceptors (Lipinski definition) is 6. The van der Waals surface area contributed by atoms with Crippen LogP contribution in [0.25, 0.3) is 5.57 Å². The van der Waals surface area contributed by atoms with E-state index in [9.17, 15) is 21.4 Å². The van der Waals surface area contributed by atoms with Gasteiger partial charge in [-0.05, 0) is 119 Å². The third-order valence-electron chi connectivity index (χ3n) is 10.5. The van der Waals surface area contributed by atoms with E-state index in [0.29, 0.717) is 31.5 Å². The van der Waals surface area contributed by atoms with Crippen LogP contribution in [0.1, 0.15) is 76.6 Å². The predicted octanol–water partition coefficient (Wildman–Crippen LogP) is 8.15. The number of nitrogens with one attached hydrogen (secondary N) is 2. The van der Waals surface area contributed by atoms with E-state index in [2.05, 4.69) is 90.5 Å². The van der Waals surface area contributed by atoms with Gasteiger partial charge in [0.25, 0.3) is 10.1 Å². The number of anilines is 1. The van der Waals surface area contributed by atoms with Crippen LogP contribution in [0.15, 0.2) is 143 Å². The molecule has 0 bridgehead atoms. The van der Waals surface area contributed by atoms with Crippen LogP contribution in [0, 0.1) is 0 Å². The second-order valence-electron chi connectivity index (χ2n) is 16.2. The largest absolute Gasteiger partial charge is 0.367 e. The molecule has 11 heteroatoms. The average molecular weight is 808 g/mol. The first-order chi connectivity index (χ1) is 27.0. The maximum Gasteiger partial charge on any atom is 0.294 e. The average Bonchev–Trinajstić information content (AvgIpc) is 3.16. The van der Waals surface area contributed by atoms with E-state index < -0.39 is 20.1 Å². The number of piperidine rings is 1. The Morgan fingerprint density at radius 2 is 1.40 bits per heavy atom. The van der Waals surface area contributed by atoms with Gasteiger partial charge in [0.05, 0.1) is 9.79 Å². The fraction of sp³-hybridized carbons (Fsp3) is 0.326. The third kappa shape index (κ3) is 10.5. The highest BCUT2D eigenvalue weighted by Crippen LogP contribution is 2.36. The fourth-order valence-corrected chi connectivity index (χ4v) is 10.4. The summed E-state index contributed by atoms with van der Waals surface area (Å²) in [5, 5.41) is 3.65. The van der Waals surface area contributed by atoms with Crippen molar-refractivity contribution in [3.8, 4) is 0 Å². The number of rotatable bonds is 13. The molecule has 0 saturated carbocycles. The molecule has 0 spiro atoms. The van der Waals surface area contributed by atoms with Crippen molar-refractivity contribution in [2.75, 3.05) is 18.0 Å². The van der Waals surface area contributed by atoms with Crippen molar-refractivity contribution in [3.63, 3.8) is 0 Å². The molecule has 0 radical (unpaired) electrons. The van der Waals surface area contributed by atoms with Crippen molar-refractivity contribution in [2.24, 2.45) is 0 Å². The molecule has 0 aromatic heterocycles. The van der Waals surface area contributed by atoms with Gasteiger partial charge in [0.1, 0.15) is 6.54 Å². The van der Waals surface area contributed by atoms with Crippen LogP contribution in [0.4, 0.5) is 5.69 Å². The summed E-state index contributed by atoms with van der Waals surface area (Å²) in [6.45, 7) is 15.2. The Morgan fingerprint density at radius 3 is 2.02 bits per heavy atom. The molecule has 0 amide bonds. The van der Waals surface area contributed by atoms with E-state index in [1.165, 1.54) is 17.7 Å². The molecule has 1 aliphatic heterocycles. The minimum atomic E-state index is -4.33. The van der Waals surface area contributed by atoms with E-state index in [4.69, 9.17) is 0 Å². The lowest BCUT2D eigenvalue weighted by atomic mass is 9.80. The summed E-state index contributed by atoms with van der Waals surface area (Å²) in [5.41, 5.74) is 6.56. The molecule has 2 aliphatic rings. The molecular weight excluding hydrogens is 753 g/mol. The zero-order valence-corrected chi connectivity index (χ0v) is 35.4. The van der Waals surface area contributed by atoms with Crippen LogP contribution in [-0.4, -0.2) is 61.9 Å². The number of hydrogen-bond donors (Lipinski definition) is 3. The van der Waals surface area contributed by atoms with Gasteiger partial charge in [-0.2, -0.15) is 8.42 Å². The van der Waals surface area contributed by atoms with E-state index >= 15 is 0 Å². The highest BCUT2D eigenvalue weighted by atomic mass is 32.2. The first-order valence-electron chi connectivity index (χ1n) is 19.6.